The second-order valence-corrected chi connectivity index (χ2v) is 5.97. The third-order valence-corrected chi connectivity index (χ3v) is 4.50. The number of amides is 1. The molecular formula is C15H21NO2S. The summed E-state index contributed by atoms with van der Waals surface area (Å²) in [5.74, 6) is 2.18. The Bertz CT molecular complexity index is 396. The number of hydrogen-bond donors (Lipinski definition) is 1. The van der Waals surface area contributed by atoms with E-state index < -0.39 is 0 Å². The highest BCUT2D eigenvalue weighted by molar-refractivity contribution is 7.99. The maximum atomic E-state index is 12.0. The van der Waals surface area contributed by atoms with Gasteiger partial charge in [-0.1, -0.05) is 30.3 Å². The van der Waals surface area contributed by atoms with Crippen molar-refractivity contribution >= 4 is 17.7 Å². The van der Waals surface area contributed by atoms with Gasteiger partial charge in [-0.2, -0.15) is 0 Å². The molecule has 19 heavy (non-hydrogen) atoms. The van der Waals surface area contributed by atoms with Gasteiger partial charge in [0.2, 0.25) is 5.91 Å². The van der Waals surface area contributed by atoms with E-state index in [1.807, 2.05) is 23.1 Å². The van der Waals surface area contributed by atoms with E-state index in [4.69, 9.17) is 5.11 Å². The molecule has 0 aliphatic carbocycles. The lowest BCUT2D eigenvalue weighted by atomic mass is 10.1. The molecule has 2 rings (SSSR count). The largest absolute Gasteiger partial charge is 0.396 e. The van der Waals surface area contributed by atoms with Gasteiger partial charge in [-0.3, -0.25) is 4.79 Å². The maximum Gasteiger partial charge on any atom is 0.232 e. The van der Waals surface area contributed by atoms with Gasteiger partial charge >= 0.3 is 0 Å². The van der Waals surface area contributed by atoms with Crippen LogP contribution in [-0.2, 0) is 10.5 Å². The Morgan fingerprint density at radius 2 is 2.16 bits per heavy atom. The number of aliphatic hydroxyl groups is 1. The third kappa shape index (κ3) is 4.55. The molecule has 0 spiro atoms. The normalized spacial score (nSPS) is 18.8. The summed E-state index contributed by atoms with van der Waals surface area (Å²) in [6.07, 6.45) is 1.86. The monoisotopic (exact) mass is 279 g/mol. The van der Waals surface area contributed by atoms with Crippen LogP contribution >= 0.6 is 11.8 Å². The molecule has 0 bridgehead atoms. The number of benzene rings is 1. The van der Waals surface area contributed by atoms with E-state index in [9.17, 15) is 4.79 Å². The molecule has 1 aliphatic rings. The van der Waals surface area contributed by atoms with E-state index in [1.54, 1.807) is 11.8 Å². The minimum Gasteiger partial charge on any atom is -0.396 e. The summed E-state index contributed by atoms with van der Waals surface area (Å²) in [6, 6.07) is 10.2. The van der Waals surface area contributed by atoms with Gasteiger partial charge in [0.25, 0.3) is 0 Å². The number of carbonyl (C=O) groups excluding carboxylic acids is 1. The summed E-state index contributed by atoms with van der Waals surface area (Å²) in [5, 5.41) is 8.91. The smallest absolute Gasteiger partial charge is 0.232 e. The van der Waals surface area contributed by atoms with Crippen molar-refractivity contribution in [3.05, 3.63) is 35.9 Å². The Morgan fingerprint density at radius 1 is 1.37 bits per heavy atom. The molecular weight excluding hydrogens is 258 g/mol. The zero-order chi connectivity index (χ0) is 13.5. The first-order valence-corrected chi connectivity index (χ1v) is 7.95. The van der Waals surface area contributed by atoms with E-state index in [1.165, 1.54) is 5.56 Å². The number of carbonyl (C=O) groups is 1. The zero-order valence-corrected chi connectivity index (χ0v) is 11.9. The van der Waals surface area contributed by atoms with Crippen molar-refractivity contribution in [3.63, 3.8) is 0 Å². The molecule has 1 saturated heterocycles. The van der Waals surface area contributed by atoms with Gasteiger partial charge in [0.05, 0.1) is 5.75 Å². The fourth-order valence-corrected chi connectivity index (χ4v) is 3.29. The highest BCUT2D eigenvalue weighted by Crippen LogP contribution is 2.20. The average molecular weight is 279 g/mol. The minimum atomic E-state index is 0.232. The molecule has 1 unspecified atom stereocenters. The number of thioether (sulfide) groups is 1. The first kappa shape index (κ1) is 14.4. The zero-order valence-electron chi connectivity index (χ0n) is 11.1. The van der Waals surface area contributed by atoms with Gasteiger partial charge in [-0.15, -0.1) is 11.8 Å². The van der Waals surface area contributed by atoms with Gasteiger partial charge < -0.3 is 10.0 Å². The van der Waals surface area contributed by atoms with Crippen molar-refractivity contribution in [2.45, 2.75) is 18.6 Å². The molecule has 4 heteroatoms. The predicted octanol–water partition coefficient (Wildman–Crippen LogP) is 2.15. The van der Waals surface area contributed by atoms with Crippen molar-refractivity contribution in [1.82, 2.24) is 4.90 Å². The topological polar surface area (TPSA) is 40.5 Å². The lowest BCUT2D eigenvalue weighted by Gasteiger charge is -2.16. The molecule has 1 aromatic rings. The first-order chi connectivity index (χ1) is 9.29. The quantitative estimate of drug-likeness (QED) is 0.867. The van der Waals surface area contributed by atoms with Crippen LogP contribution in [0.1, 0.15) is 18.4 Å². The fraction of sp³-hybridized carbons (Fsp3) is 0.533. The van der Waals surface area contributed by atoms with Crippen LogP contribution in [0.5, 0.6) is 0 Å². The molecule has 1 atom stereocenters. The summed E-state index contributed by atoms with van der Waals surface area (Å²) in [4.78, 5) is 14.0. The highest BCUT2D eigenvalue weighted by Gasteiger charge is 2.25. The Morgan fingerprint density at radius 3 is 2.89 bits per heavy atom. The second kappa shape index (κ2) is 7.56. The van der Waals surface area contributed by atoms with E-state index in [0.717, 1.165) is 31.7 Å². The number of likely N-dealkylation sites (tertiary alicyclic amines) is 1. The third-order valence-electron chi connectivity index (χ3n) is 3.51. The van der Waals surface area contributed by atoms with Crippen molar-refractivity contribution in [1.29, 1.82) is 0 Å². The molecule has 1 aliphatic heterocycles. The van der Waals surface area contributed by atoms with Crippen LogP contribution in [0, 0.1) is 5.92 Å². The molecule has 1 N–H and O–H groups in total. The van der Waals surface area contributed by atoms with Crippen molar-refractivity contribution in [2.75, 3.05) is 25.4 Å². The van der Waals surface area contributed by atoms with E-state index in [0.29, 0.717) is 11.7 Å². The fourth-order valence-electron chi connectivity index (χ4n) is 2.40. The van der Waals surface area contributed by atoms with Gasteiger partial charge in [0.1, 0.15) is 0 Å². The van der Waals surface area contributed by atoms with Crippen molar-refractivity contribution < 1.29 is 9.90 Å². The first-order valence-electron chi connectivity index (χ1n) is 6.80. The van der Waals surface area contributed by atoms with Crippen LogP contribution in [-0.4, -0.2) is 41.4 Å². The van der Waals surface area contributed by atoms with E-state index in [2.05, 4.69) is 12.1 Å². The van der Waals surface area contributed by atoms with Crippen LogP contribution < -0.4 is 0 Å². The molecule has 1 fully saturated rings. The van der Waals surface area contributed by atoms with Crippen LogP contribution in [0.25, 0.3) is 0 Å². The Kier molecular flexibility index (Phi) is 5.73. The molecule has 3 nitrogen and oxygen atoms in total. The predicted molar refractivity (Wildman–Crippen MR) is 79.0 cm³/mol. The number of nitrogens with zero attached hydrogens (tertiary/aromatic N) is 1. The van der Waals surface area contributed by atoms with Gasteiger partial charge in [-0.25, -0.2) is 0 Å². The highest BCUT2D eigenvalue weighted by atomic mass is 32.2. The van der Waals surface area contributed by atoms with Crippen LogP contribution in [0.3, 0.4) is 0 Å². The maximum absolute atomic E-state index is 12.0. The summed E-state index contributed by atoms with van der Waals surface area (Å²) < 4.78 is 0. The minimum absolute atomic E-state index is 0.232. The second-order valence-electron chi connectivity index (χ2n) is 4.99. The molecule has 1 amide bonds. The standard InChI is InChI=1S/C15H21NO2S/c17-9-7-13-6-8-16(10-13)15(18)12-19-11-14-4-2-1-3-5-14/h1-5,13,17H,6-12H2. The van der Waals surface area contributed by atoms with Crippen LogP contribution in [0.4, 0.5) is 0 Å². The summed E-state index contributed by atoms with van der Waals surface area (Å²) in [5.41, 5.74) is 1.26. The van der Waals surface area contributed by atoms with E-state index >= 15 is 0 Å². The molecule has 0 saturated carbocycles. The average Bonchev–Trinajstić information content (AvgIpc) is 2.89. The molecule has 0 aromatic heterocycles. The van der Waals surface area contributed by atoms with Gasteiger partial charge in [-0.05, 0) is 24.3 Å². The van der Waals surface area contributed by atoms with Crippen molar-refractivity contribution in [3.8, 4) is 0 Å². The molecule has 104 valence electrons. The summed E-state index contributed by atoms with van der Waals surface area (Å²) in [6.45, 7) is 1.91. The molecule has 0 radical (unpaired) electrons. The molecule has 1 heterocycles. The summed E-state index contributed by atoms with van der Waals surface area (Å²) in [7, 11) is 0. The lowest BCUT2D eigenvalue weighted by Crippen LogP contribution is -2.30. The van der Waals surface area contributed by atoms with Crippen LogP contribution in [0.2, 0.25) is 0 Å². The number of rotatable bonds is 6. The lowest BCUT2D eigenvalue weighted by molar-refractivity contribution is -0.127. The summed E-state index contributed by atoms with van der Waals surface area (Å²) >= 11 is 1.68. The number of hydrogen-bond acceptors (Lipinski definition) is 3. The van der Waals surface area contributed by atoms with Crippen LogP contribution in [0.15, 0.2) is 30.3 Å². The van der Waals surface area contributed by atoms with Gasteiger partial charge in [0.15, 0.2) is 0 Å². The van der Waals surface area contributed by atoms with Crippen molar-refractivity contribution in [2.24, 2.45) is 5.92 Å². The Hall–Kier alpha value is -1.00. The Labute approximate surface area is 119 Å². The Balaban J connectivity index is 1.68. The number of aliphatic hydroxyl groups excluding tert-OH is 1. The molecule has 1 aromatic carbocycles. The van der Waals surface area contributed by atoms with Gasteiger partial charge in [0, 0.05) is 25.4 Å². The SMILES string of the molecule is O=C(CSCc1ccccc1)N1CCC(CCO)C1. The van der Waals surface area contributed by atoms with E-state index in [-0.39, 0.29) is 12.5 Å².